The lowest BCUT2D eigenvalue weighted by molar-refractivity contribution is 0.145. The maximum Gasteiger partial charge on any atom is 0.166 e. The van der Waals surface area contributed by atoms with Gasteiger partial charge in [0.25, 0.3) is 0 Å². The number of rotatable bonds is 6. The van der Waals surface area contributed by atoms with Crippen LogP contribution in [0.5, 0.6) is 0 Å². The van der Waals surface area contributed by atoms with Crippen molar-refractivity contribution in [3.05, 3.63) is 0 Å². The van der Waals surface area contributed by atoms with Gasteiger partial charge < -0.3 is 15.4 Å². The molecule has 0 aromatic carbocycles. The van der Waals surface area contributed by atoms with Crippen molar-refractivity contribution in [1.29, 1.82) is 0 Å². The second-order valence-corrected chi connectivity index (χ2v) is 6.18. The Morgan fingerprint density at radius 1 is 1.47 bits per heavy atom. The highest BCUT2D eigenvalue weighted by Gasteiger charge is 2.17. The van der Waals surface area contributed by atoms with Crippen LogP contribution in [0, 0.1) is 0 Å². The summed E-state index contributed by atoms with van der Waals surface area (Å²) in [5.74, 6) is 1.59. The molecule has 1 saturated heterocycles. The third kappa shape index (κ3) is 6.95. The Bertz CT molecular complexity index is 252. The standard InChI is InChI=1S/C11H22N2O2S2/c1-2-15-7-3-6-12-11(16)13-10-4-8-17(14)9-5-10/h10H,2-9H2,1H3,(H2,12,13,16). The van der Waals surface area contributed by atoms with Gasteiger partial charge in [-0.3, -0.25) is 4.21 Å². The van der Waals surface area contributed by atoms with Crippen molar-refractivity contribution >= 4 is 28.1 Å². The molecule has 0 aromatic rings. The van der Waals surface area contributed by atoms with Crippen LogP contribution >= 0.6 is 12.2 Å². The highest BCUT2D eigenvalue weighted by atomic mass is 32.2. The number of hydrogen-bond donors (Lipinski definition) is 2. The van der Waals surface area contributed by atoms with Crippen molar-refractivity contribution in [1.82, 2.24) is 10.6 Å². The van der Waals surface area contributed by atoms with E-state index >= 15 is 0 Å². The van der Waals surface area contributed by atoms with Gasteiger partial charge in [-0.2, -0.15) is 0 Å². The number of ether oxygens (including phenoxy) is 1. The molecule has 17 heavy (non-hydrogen) atoms. The number of hydrogen-bond acceptors (Lipinski definition) is 3. The second kappa shape index (κ2) is 8.83. The fraction of sp³-hybridized carbons (Fsp3) is 0.909. The molecule has 4 nitrogen and oxygen atoms in total. The van der Waals surface area contributed by atoms with Crippen molar-refractivity contribution in [2.45, 2.75) is 32.2 Å². The fourth-order valence-corrected chi connectivity index (χ4v) is 3.26. The van der Waals surface area contributed by atoms with Crippen LogP contribution in [0.15, 0.2) is 0 Å². The lowest BCUT2D eigenvalue weighted by Gasteiger charge is -2.24. The summed E-state index contributed by atoms with van der Waals surface area (Å²) in [6, 6.07) is 0.389. The van der Waals surface area contributed by atoms with Gasteiger partial charge in [-0.05, 0) is 38.4 Å². The van der Waals surface area contributed by atoms with Gasteiger partial charge in [0.2, 0.25) is 0 Å². The third-order valence-corrected chi connectivity index (χ3v) is 4.32. The van der Waals surface area contributed by atoms with E-state index in [4.69, 9.17) is 17.0 Å². The molecule has 1 rings (SSSR count). The van der Waals surface area contributed by atoms with Gasteiger partial charge >= 0.3 is 0 Å². The Balaban J connectivity index is 2.02. The summed E-state index contributed by atoms with van der Waals surface area (Å²) in [7, 11) is -0.605. The topological polar surface area (TPSA) is 50.4 Å². The van der Waals surface area contributed by atoms with E-state index in [-0.39, 0.29) is 0 Å². The Morgan fingerprint density at radius 3 is 2.82 bits per heavy atom. The van der Waals surface area contributed by atoms with E-state index in [1.54, 1.807) is 0 Å². The highest BCUT2D eigenvalue weighted by Crippen LogP contribution is 2.08. The van der Waals surface area contributed by atoms with Crippen LogP contribution in [0.3, 0.4) is 0 Å². The monoisotopic (exact) mass is 278 g/mol. The first-order valence-electron chi connectivity index (χ1n) is 6.19. The van der Waals surface area contributed by atoms with Crippen LogP contribution in [0.2, 0.25) is 0 Å². The normalized spacial score (nSPS) is 24.3. The maximum atomic E-state index is 11.2. The Hall–Kier alpha value is -0.200. The van der Waals surface area contributed by atoms with Gasteiger partial charge in [-0.1, -0.05) is 0 Å². The van der Waals surface area contributed by atoms with Crippen molar-refractivity contribution < 1.29 is 8.95 Å². The molecule has 0 aromatic heterocycles. The molecule has 0 bridgehead atoms. The Morgan fingerprint density at radius 2 is 2.18 bits per heavy atom. The molecule has 1 fully saturated rings. The zero-order valence-corrected chi connectivity index (χ0v) is 12.0. The second-order valence-electron chi connectivity index (χ2n) is 4.07. The molecule has 0 atom stereocenters. The van der Waals surface area contributed by atoms with Gasteiger partial charge in [0, 0.05) is 48.1 Å². The van der Waals surface area contributed by atoms with E-state index in [1.165, 1.54) is 0 Å². The molecule has 6 heteroatoms. The molecule has 2 N–H and O–H groups in total. The highest BCUT2D eigenvalue weighted by molar-refractivity contribution is 7.85. The van der Waals surface area contributed by atoms with E-state index < -0.39 is 10.8 Å². The predicted octanol–water partition coefficient (Wildman–Crippen LogP) is 0.788. The van der Waals surface area contributed by atoms with E-state index in [0.29, 0.717) is 11.2 Å². The summed E-state index contributed by atoms with van der Waals surface area (Å²) in [4.78, 5) is 0. The average Bonchev–Trinajstić information content (AvgIpc) is 2.32. The van der Waals surface area contributed by atoms with E-state index in [2.05, 4.69) is 10.6 Å². The van der Waals surface area contributed by atoms with Crippen LogP contribution in [-0.4, -0.2) is 46.6 Å². The molecule has 1 aliphatic rings. The first-order chi connectivity index (χ1) is 8.22. The van der Waals surface area contributed by atoms with Crippen LogP contribution in [-0.2, 0) is 15.5 Å². The van der Waals surface area contributed by atoms with Gasteiger partial charge in [0.15, 0.2) is 5.11 Å². The molecule has 100 valence electrons. The zero-order chi connectivity index (χ0) is 12.5. The molecular weight excluding hydrogens is 256 g/mol. The van der Waals surface area contributed by atoms with Crippen molar-refractivity contribution in [2.24, 2.45) is 0 Å². The van der Waals surface area contributed by atoms with E-state index in [0.717, 1.165) is 50.5 Å². The first kappa shape index (κ1) is 14.9. The summed E-state index contributed by atoms with van der Waals surface area (Å²) in [5.41, 5.74) is 0. The molecule has 0 saturated carbocycles. The molecule has 1 heterocycles. The van der Waals surface area contributed by atoms with Crippen molar-refractivity contribution in [3.63, 3.8) is 0 Å². The minimum atomic E-state index is -0.605. The van der Waals surface area contributed by atoms with Crippen LogP contribution in [0.25, 0.3) is 0 Å². The minimum Gasteiger partial charge on any atom is -0.382 e. The summed E-state index contributed by atoms with van der Waals surface area (Å²) >= 11 is 5.20. The molecule has 1 aliphatic heterocycles. The van der Waals surface area contributed by atoms with Crippen LogP contribution in [0.4, 0.5) is 0 Å². The van der Waals surface area contributed by atoms with Gasteiger partial charge in [0.05, 0.1) is 0 Å². The summed E-state index contributed by atoms with van der Waals surface area (Å²) < 4.78 is 16.4. The third-order valence-electron chi connectivity index (χ3n) is 2.68. The zero-order valence-electron chi connectivity index (χ0n) is 10.4. The van der Waals surface area contributed by atoms with Crippen LogP contribution < -0.4 is 10.6 Å². The summed E-state index contributed by atoms with van der Waals surface area (Å²) in [6.45, 7) is 4.37. The average molecular weight is 278 g/mol. The maximum absolute atomic E-state index is 11.2. The number of nitrogens with one attached hydrogen (secondary N) is 2. The van der Waals surface area contributed by atoms with Gasteiger partial charge in [-0.15, -0.1) is 0 Å². The van der Waals surface area contributed by atoms with Gasteiger partial charge in [-0.25, -0.2) is 0 Å². The Labute approximate surface area is 111 Å². The smallest absolute Gasteiger partial charge is 0.166 e. The molecule has 0 spiro atoms. The lowest BCUT2D eigenvalue weighted by atomic mass is 10.2. The SMILES string of the molecule is CCOCCCNC(=S)NC1CCS(=O)CC1. The Kier molecular flexibility index (Phi) is 7.72. The molecule has 0 radical (unpaired) electrons. The number of thiocarbonyl (C=S) groups is 1. The molecule has 0 unspecified atom stereocenters. The molecule has 0 aliphatic carbocycles. The van der Waals surface area contributed by atoms with E-state index in [9.17, 15) is 4.21 Å². The predicted molar refractivity (Wildman–Crippen MR) is 75.7 cm³/mol. The van der Waals surface area contributed by atoms with Gasteiger partial charge in [0.1, 0.15) is 0 Å². The van der Waals surface area contributed by atoms with E-state index in [1.807, 2.05) is 6.92 Å². The lowest BCUT2D eigenvalue weighted by Crippen LogP contribution is -2.45. The summed E-state index contributed by atoms with van der Waals surface area (Å²) in [5, 5.41) is 7.15. The quantitative estimate of drug-likeness (QED) is 0.556. The van der Waals surface area contributed by atoms with Crippen molar-refractivity contribution in [3.8, 4) is 0 Å². The molecular formula is C11H22N2O2S2. The first-order valence-corrected chi connectivity index (χ1v) is 8.09. The van der Waals surface area contributed by atoms with Crippen molar-refractivity contribution in [2.75, 3.05) is 31.3 Å². The molecule has 0 amide bonds. The summed E-state index contributed by atoms with van der Waals surface area (Å²) in [6.07, 6.45) is 2.87. The fourth-order valence-electron chi connectivity index (χ4n) is 1.70. The van der Waals surface area contributed by atoms with Crippen LogP contribution in [0.1, 0.15) is 26.2 Å². The largest absolute Gasteiger partial charge is 0.382 e. The minimum absolute atomic E-state index is 0.389.